The number of fused-ring (bicyclic) bond motifs is 1. The van der Waals surface area contributed by atoms with Gasteiger partial charge in [-0.2, -0.15) is 4.98 Å². The molecule has 3 heterocycles. The lowest BCUT2D eigenvalue weighted by atomic mass is 10.2. The smallest absolute Gasteiger partial charge is 0.227 e. The summed E-state index contributed by atoms with van der Waals surface area (Å²) < 4.78 is 0. The minimum Gasteiger partial charge on any atom is -0.356 e. The van der Waals surface area contributed by atoms with Crippen molar-refractivity contribution in [1.29, 1.82) is 0 Å². The molecule has 0 radical (unpaired) electrons. The molecule has 0 amide bonds. The zero-order valence-electron chi connectivity index (χ0n) is 16.6. The zero-order chi connectivity index (χ0) is 19.6. The largest absolute Gasteiger partial charge is 0.356 e. The van der Waals surface area contributed by atoms with Gasteiger partial charge in [-0.15, -0.1) is 0 Å². The molecule has 3 aromatic rings. The van der Waals surface area contributed by atoms with E-state index >= 15 is 0 Å². The van der Waals surface area contributed by atoms with Gasteiger partial charge in [0.2, 0.25) is 5.95 Å². The molecule has 5 rings (SSSR count). The second-order valence-electron chi connectivity index (χ2n) is 7.91. The third kappa shape index (κ3) is 3.89. The van der Waals surface area contributed by atoms with Crippen LogP contribution < -0.4 is 9.80 Å². The molecule has 1 aromatic heterocycles. The summed E-state index contributed by atoms with van der Waals surface area (Å²) in [6.45, 7) is 6.91. The topological polar surface area (TPSA) is 35.5 Å². The average Bonchev–Trinajstić information content (AvgIpc) is 3.30. The van der Waals surface area contributed by atoms with Crippen molar-refractivity contribution in [1.82, 2.24) is 14.9 Å². The van der Waals surface area contributed by atoms with Gasteiger partial charge in [0.15, 0.2) is 0 Å². The normalized spacial score (nSPS) is 18.0. The summed E-state index contributed by atoms with van der Waals surface area (Å²) in [6.07, 6.45) is 2.49. The Morgan fingerprint density at radius 3 is 2.28 bits per heavy atom. The summed E-state index contributed by atoms with van der Waals surface area (Å²) in [5.41, 5.74) is 2.23. The van der Waals surface area contributed by atoms with E-state index in [1.54, 1.807) is 0 Å². The Morgan fingerprint density at radius 1 is 0.759 bits per heavy atom. The predicted molar refractivity (Wildman–Crippen MR) is 120 cm³/mol. The first-order chi connectivity index (χ1) is 14.3. The van der Waals surface area contributed by atoms with Crippen LogP contribution in [0.3, 0.4) is 0 Å². The van der Waals surface area contributed by atoms with Gasteiger partial charge >= 0.3 is 0 Å². The SMILES string of the molecule is Clc1ccccc1CN1CCN(c2nc(N3CCCC3)c3ccccc3n2)CC1. The van der Waals surface area contributed by atoms with E-state index in [2.05, 4.69) is 51.1 Å². The third-order valence-corrected chi connectivity index (χ3v) is 6.35. The minimum atomic E-state index is 0.850. The third-order valence-electron chi connectivity index (χ3n) is 5.98. The number of hydrogen-bond acceptors (Lipinski definition) is 5. The second kappa shape index (κ2) is 8.17. The Labute approximate surface area is 176 Å². The molecular formula is C23H26ClN5. The highest BCUT2D eigenvalue weighted by molar-refractivity contribution is 6.31. The molecule has 29 heavy (non-hydrogen) atoms. The van der Waals surface area contributed by atoms with Crippen LogP contribution in [0.25, 0.3) is 10.9 Å². The first-order valence-corrected chi connectivity index (χ1v) is 10.9. The summed E-state index contributed by atoms with van der Waals surface area (Å²) >= 11 is 6.34. The van der Waals surface area contributed by atoms with Gasteiger partial charge in [0.25, 0.3) is 0 Å². The fourth-order valence-electron chi connectivity index (χ4n) is 4.33. The summed E-state index contributed by atoms with van der Waals surface area (Å²) in [6, 6.07) is 16.5. The monoisotopic (exact) mass is 407 g/mol. The molecule has 2 saturated heterocycles. The van der Waals surface area contributed by atoms with Gasteiger partial charge < -0.3 is 9.80 Å². The lowest BCUT2D eigenvalue weighted by Gasteiger charge is -2.35. The molecule has 2 aromatic carbocycles. The highest BCUT2D eigenvalue weighted by atomic mass is 35.5. The van der Waals surface area contributed by atoms with Crippen LogP contribution in [0.2, 0.25) is 5.02 Å². The van der Waals surface area contributed by atoms with Crippen molar-refractivity contribution in [2.45, 2.75) is 19.4 Å². The van der Waals surface area contributed by atoms with Crippen LogP contribution in [-0.2, 0) is 6.54 Å². The Hall–Kier alpha value is -2.37. The maximum atomic E-state index is 6.34. The molecule has 0 spiro atoms. The van der Waals surface area contributed by atoms with E-state index in [1.165, 1.54) is 18.4 Å². The molecule has 2 aliphatic rings. The van der Waals surface area contributed by atoms with Gasteiger partial charge in [0, 0.05) is 56.2 Å². The van der Waals surface area contributed by atoms with Crippen LogP contribution >= 0.6 is 11.6 Å². The fourth-order valence-corrected chi connectivity index (χ4v) is 4.53. The Morgan fingerprint density at radius 2 is 1.48 bits per heavy atom. The van der Waals surface area contributed by atoms with Crippen molar-refractivity contribution < 1.29 is 0 Å². The highest BCUT2D eigenvalue weighted by Crippen LogP contribution is 2.29. The molecule has 5 nitrogen and oxygen atoms in total. The van der Waals surface area contributed by atoms with Gasteiger partial charge in [-0.3, -0.25) is 4.90 Å². The Bertz CT molecular complexity index is 993. The van der Waals surface area contributed by atoms with Crippen LogP contribution in [0, 0.1) is 0 Å². The maximum Gasteiger partial charge on any atom is 0.227 e. The minimum absolute atomic E-state index is 0.850. The summed E-state index contributed by atoms with van der Waals surface area (Å²) in [7, 11) is 0. The van der Waals surface area contributed by atoms with Gasteiger partial charge in [-0.05, 0) is 36.6 Å². The van der Waals surface area contributed by atoms with Crippen LogP contribution in [-0.4, -0.2) is 54.1 Å². The predicted octanol–water partition coefficient (Wildman–Crippen LogP) is 4.21. The number of aromatic nitrogens is 2. The second-order valence-corrected chi connectivity index (χ2v) is 8.32. The van der Waals surface area contributed by atoms with E-state index in [9.17, 15) is 0 Å². The Kier molecular flexibility index (Phi) is 5.25. The van der Waals surface area contributed by atoms with Crippen LogP contribution in [0.4, 0.5) is 11.8 Å². The number of piperazine rings is 1. The molecule has 0 unspecified atom stereocenters. The van der Waals surface area contributed by atoms with E-state index < -0.39 is 0 Å². The van der Waals surface area contributed by atoms with Gasteiger partial charge in [0.05, 0.1) is 5.52 Å². The van der Waals surface area contributed by atoms with Gasteiger partial charge in [-0.25, -0.2) is 4.98 Å². The summed E-state index contributed by atoms with van der Waals surface area (Å²) in [5.74, 6) is 1.96. The quantitative estimate of drug-likeness (QED) is 0.647. The molecule has 0 saturated carbocycles. The number of rotatable bonds is 4. The summed E-state index contributed by atoms with van der Waals surface area (Å²) in [4.78, 5) is 17.1. The van der Waals surface area contributed by atoms with E-state index in [4.69, 9.17) is 21.6 Å². The number of nitrogens with zero attached hydrogens (tertiary/aromatic N) is 5. The fraction of sp³-hybridized carbons (Fsp3) is 0.391. The van der Waals surface area contributed by atoms with E-state index in [0.717, 1.165) is 73.5 Å². The number of hydrogen-bond donors (Lipinski definition) is 0. The van der Waals surface area contributed by atoms with Crippen molar-refractivity contribution in [3.63, 3.8) is 0 Å². The highest BCUT2D eigenvalue weighted by Gasteiger charge is 2.23. The van der Waals surface area contributed by atoms with Crippen LogP contribution in [0.15, 0.2) is 48.5 Å². The lowest BCUT2D eigenvalue weighted by Crippen LogP contribution is -2.46. The van der Waals surface area contributed by atoms with Crippen molar-refractivity contribution in [2.24, 2.45) is 0 Å². The van der Waals surface area contributed by atoms with Crippen LogP contribution in [0.5, 0.6) is 0 Å². The average molecular weight is 408 g/mol. The molecule has 0 atom stereocenters. The summed E-state index contributed by atoms with van der Waals surface area (Å²) in [5, 5.41) is 2.01. The van der Waals surface area contributed by atoms with Crippen molar-refractivity contribution >= 4 is 34.3 Å². The lowest BCUT2D eigenvalue weighted by molar-refractivity contribution is 0.249. The first kappa shape index (κ1) is 18.6. The van der Waals surface area contributed by atoms with Crippen molar-refractivity contribution in [2.75, 3.05) is 49.1 Å². The number of benzene rings is 2. The van der Waals surface area contributed by atoms with E-state index in [-0.39, 0.29) is 0 Å². The maximum absolute atomic E-state index is 6.34. The molecule has 2 aliphatic heterocycles. The molecular weight excluding hydrogens is 382 g/mol. The van der Waals surface area contributed by atoms with E-state index in [1.807, 2.05) is 12.1 Å². The standard InChI is InChI=1S/C23H26ClN5/c24-20-9-3-1-7-18(20)17-27-13-15-29(16-14-27)23-25-21-10-4-2-8-19(21)22(26-23)28-11-5-6-12-28/h1-4,7-10H,5-6,11-17H2. The van der Waals surface area contributed by atoms with Crippen molar-refractivity contribution in [3.05, 3.63) is 59.1 Å². The number of para-hydroxylation sites is 1. The number of halogens is 1. The van der Waals surface area contributed by atoms with E-state index in [0.29, 0.717) is 0 Å². The molecule has 0 bridgehead atoms. The molecule has 2 fully saturated rings. The zero-order valence-corrected chi connectivity index (χ0v) is 17.4. The van der Waals surface area contributed by atoms with Crippen molar-refractivity contribution in [3.8, 4) is 0 Å². The Balaban J connectivity index is 1.34. The molecule has 6 heteroatoms. The number of anilines is 2. The van der Waals surface area contributed by atoms with Gasteiger partial charge in [0.1, 0.15) is 5.82 Å². The first-order valence-electron chi connectivity index (χ1n) is 10.5. The van der Waals surface area contributed by atoms with Crippen LogP contribution in [0.1, 0.15) is 18.4 Å². The molecule has 0 aliphatic carbocycles. The molecule has 0 N–H and O–H groups in total. The van der Waals surface area contributed by atoms with Gasteiger partial charge in [-0.1, -0.05) is 41.9 Å². The molecule has 150 valence electrons.